The third-order valence-corrected chi connectivity index (χ3v) is 2.36. The lowest BCUT2D eigenvalue weighted by atomic mass is 10.1. The molecule has 1 aromatic carbocycles. The smallest absolute Gasteiger partial charge is 0.337 e. The molecule has 0 saturated carbocycles. The minimum Gasteiger partial charge on any atom is -0.462 e. The first-order chi connectivity index (χ1) is 8.17. The molecular formula is C14H15ClO2. The molecule has 17 heavy (non-hydrogen) atoms. The van der Waals surface area contributed by atoms with Gasteiger partial charge in [0.15, 0.2) is 0 Å². The Kier molecular flexibility index (Phi) is 5.50. The molecule has 2 nitrogen and oxygen atoms in total. The van der Waals surface area contributed by atoms with Crippen LogP contribution in [0.1, 0.15) is 19.4 Å². The monoisotopic (exact) mass is 250 g/mol. The lowest BCUT2D eigenvalue weighted by molar-refractivity contribution is -0.138. The Balaban J connectivity index is 2.79. The highest BCUT2D eigenvalue weighted by atomic mass is 35.5. The van der Waals surface area contributed by atoms with E-state index in [1.165, 1.54) is 0 Å². The molecule has 0 aliphatic carbocycles. The first kappa shape index (κ1) is 13.5. The SMILES string of the molecule is C/C=C(\C=C\c1cccc(Cl)c1)C(=O)OCC. The van der Waals surface area contributed by atoms with E-state index < -0.39 is 0 Å². The molecule has 1 aromatic rings. The predicted molar refractivity (Wildman–Crippen MR) is 70.9 cm³/mol. The number of carbonyl (C=O) groups excluding carboxylic acids is 1. The van der Waals surface area contributed by atoms with E-state index in [0.29, 0.717) is 17.2 Å². The third kappa shape index (κ3) is 4.45. The summed E-state index contributed by atoms with van der Waals surface area (Å²) in [5, 5.41) is 0.672. The van der Waals surface area contributed by atoms with Crippen LogP contribution in [0.4, 0.5) is 0 Å². The Hall–Kier alpha value is -1.54. The van der Waals surface area contributed by atoms with Crippen LogP contribution in [0.25, 0.3) is 6.08 Å². The Bertz CT molecular complexity index is 447. The van der Waals surface area contributed by atoms with Gasteiger partial charge in [0.05, 0.1) is 12.2 Å². The summed E-state index contributed by atoms with van der Waals surface area (Å²) in [4.78, 5) is 11.5. The maximum absolute atomic E-state index is 11.5. The summed E-state index contributed by atoms with van der Waals surface area (Å²) >= 11 is 5.87. The van der Waals surface area contributed by atoms with Gasteiger partial charge in [-0.15, -0.1) is 0 Å². The van der Waals surface area contributed by atoms with E-state index in [0.717, 1.165) is 5.56 Å². The van der Waals surface area contributed by atoms with Gasteiger partial charge in [-0.25, -0.2) is 4.79 Å². The Morgan fingerprint density at radius 1 is 1.47 bits per heavy atom. The molecule has 1 rings (SSSR count). The summed E-state index contributed by atoms with van der Waals surface area (Å²) in [5.41, 5.74) is 1.48. The molecule has 0 bridgehead atoms. The maximum Gasteiger partial charge on any atom is 0.337 e. The van der Waals surface area contributed by atoms with Crippen LogP contribution in [-0.4, -0.2) is 12.6 Å². The van der Waals surface area contributed by atoms with Gasteiger partial charge in [-0.05, 0) is 37.6 Å². The van der Waals surface area contributed by atoms with Gasteiger partial charge < -0.3 is 4.74 Å². The average Bonchev–Trinajstić information content (AvgIpc) is 2.30. The number of halogens is 1. The Morgan fingerprint density at radius 3 is 2.82 bits per heavy atom. The van der Waals surface area contributed by atoms with Gasteiger partial charge in [0.2, 0.25) is 0 Å². The van der Waals surface area contributed by atoms with Crippen LogP contribution < -0.4 is 0 Å². The van der Waals surface area contributed by atoms with Crippen molar-refractivity contribution in [2.75, 3.05) is 6.61 Å². The van der Waals surface area contributed by atoms with Crippen LogP contribution in [0, 0.1) is 0 Å². The van der Waals surface area contributed by atoms with Crippen molar-refractivity contribution < 1.29 is 9.53 Å². The van der Waals surface area contributed by atoms with Crippen molar-refractivity contribution in [3.05, 3.63) is 52.6 Å². The molecule has 90 valence electrons. The molecular weight excluding hydrogens is 236 g/mol. The number of carbonyl (C=O) groups is 1. The molecule has 0 fully saturated rings. The van der Waals surface area contributed by atoms with Crippen LogP contribution in [0.2, 0.25) is 5.02 Å². The van der Waals surface area contributed by atoms with Gasteiger partial charge in [-0.2, -0.15) is 0 Å². The van der Waals surface area contributed by atoms with E-state index in [-0.39, 0.29) is 5.97 Å². The number of hydrogen-bond donors (Lipinski definition) is 0. The zero-order chi connectivity index (χ0) is 12.7. The highest BCUT2D eigenvalue weighted by Gasteiger charge is 2.04. The summed E-state index contributed by atoms with van der Waals surface area (Å²) in [5.74, 6) is -0.312. The fourth-order valence-corrected chi connectivity index (χ4v) is 1.49. The Morgan fingerprint density at radius 2 is 2.24 bits per heavy atom. The van der Waals surface area contributed by atoms with Gasteiger partial charge in [-0.1, -0.05) is 35.9 Å². The second-order valence-corrected chi connectivity index (χ2v) is 3.79. The number of benzene rings is 1. The molecule has 0 heterocycles. The molecule has 3 heteroatoms. The lowest BCUT2D eigenvalue weighted by Crippen LogP contribution is -2.05. The van der Waals surface area contributed by atoms with Crippen LogP contribution in [0.15, 0.2) is 42.0 Å². The second-order valence-electron chi connectivity index (χ2n) is 3.35. The first-order valence-corrected chi connectivity index (χ1v) is 5.82. The average molecular weight is 251 g/mol. The van der Waals surface area contributed by atoms with Crippen molar-refractivity contribution in [1.82, 2.24) is 0 Å². The molecule has 0 aliphatic heterocycles. The molecule has 0 saturated heterocycles. The fourth-order valence-electron chi connectivity index (χ4n) is 1.29. The van der Waals surface area contributed by atoms with Crippen LogP contribution in [0.5, 0.6) is 0 Å². The quantitative estimate of drug-likeness (QED) is 0.461. The summed E-state index contributed by atoms with van der Waals surface area (Å²) < 4.78 is 4.92. The summed E-state index contributed by atoms with van der Waals surface area (Å²) in [6.07, 6.45) is 5.28. The molecule has 0 radical (unpaired) electrons. The van der Waals surface area contributed by atoms with E-state index in [2.05, 4.69) is 0 Å². The standard InChI is InChI=1S/C14H15ClO2/c1-3-12(14(16)17-4-2)9-8-11-6-5-7-13(15)10-11/h3,5-10H,4H2,1-2H3/b9-8+,12-3+. The number of hydrogen-bond acceptors (Lipinski definition) is 2. The maximum atomic E-state index is 11.5. The molecule has 0 atom stereocenters. The van der Waals surface area contributed by atoms with E-state index in [1.807, 2.05) is 24.3 Å². The topological polar surface area (TPSA) is 26.3 Å². The molecule has 0 aromatic heterocycles. The number of ether oxygens (including phenoxy) is 1. The normalized spacial score (nSPS) is 11.8. The van der Waals surface area contributed by atoms with Crippen molar-refractivity contribution in [3.8, 4) is 0 Å². The number of allylic oxidation sites excluding steroid dienone is 1. The predicted octanol–water partition coefficient (Wildman–Crippen LogP) is 3.86. The van der Waals surface area contributed by atoms with E-state index in [1.54, 1.807) is 32.1 Å². The molecule has 0 unspecified atom stereocenters. The van der Waals surface area contributed by atoms with Crippen LogP contribution in [0.3, 0.4) is 0 Å². The molecule has 0 spiro atoms. The molecule has 0 aliphatic rings. The Labute approximate surface area is 107 Å². The van der Waals surface area contributed by atoms with Crippen LogP contribution >= 0.6 is 11.6 Å². The minimum absolute atomic E-state index is 0.312. The summed E-state index contributed by atoms with van der Waals surface area (Å²) in [7, 11) is 0. The van der Waals surface area contributed by atoms with Gasteiger partial charge in [0.25, 0.3) is 0 Å². The van der Waals surface area contributed by atoms with Gasteiger partial charge in [0.1, 0.15) is 0 Å². The zero-order valence-corrected chi connectivity index (χ0v) is 10.7. The third-order valence-electron chi connectivity index (χ3n) is 2.13. The highest BCUT2D eigenvalue weighted by Crippen LogP contribution is 2.13. The summed E-state index contributed by atoms with van der Waals surface area (Å²) in [6.45, 7) is 3.96. The second kappa shape index (κ2) is 6.92. The molecule has 0 amide bonds. The fraction of sp³-hybridized carbons (Fsp3) is 0.214. The largest absolute Gasteiger partial charge is 0.462 e. The van der Waals surface area contributed by atoms with E-state index in [9.17, 15) is 4.79 Å². The van der Waals surface area contributed by atoms with Crippen molar-refractivity contribution in [2.45, 2.75) is 13.8 Å². The van der Waals surface area contributed by atoms with Gasteiger partial charge in [0, 0.05) is 5.02 Å². The van der Waals surface area contributed by atoms with Gasteiger partial charge in [-0.3, -0.25) is 0 Å². The van der Waals surface area contributed by atoms with Crippen molar-refractivity contribution in [3.63, 3.8) is 0 Å². The van der Waals surface area contributed by atoms with Crippen molar-refractivity contribution in [2.24, 2.45) is 0 Å². The van der Waals surface area contributed by atoms with Crippen molar-refractivity contribution >= 4 is 23.6 Å². The van der Waals surface area contributed by atoms with Crippen molar-refractivity contribution in [1.29, 1.82) is 0 Å². The van der Waals surface area contributed by atoms with Crippen LogP contribution in [-0.2, 0) is 9.53 Å². The zero-order valence-electron chi connectivity index (χ0n) is 9.94. The molecule has 0 N–H and O–H groups in total. The number of esters is 1. The van der Waals surface area contributed by atoms with E-state index >= 15 is 0 Å². The van der Waals surface area contributed by atoms with Gasteiger partial charge >= 0.3 is 5.97 Å². The number of rotatable bonds is 4. The van der Waals surface area contributed by atoms with E-state index in [4.69, 9.17) is 16.3 Å². The first-order valence-electron chi connectivity index (χ1n) is 5.44. The highest BCUT2D eigenvalue weighted by molar-refractivity contribution is 6.30. The minimum atomic E-state index is -0.312. The lowest BCUT2D eigenvalue weighted by Gasteiger charge is -2.01. The summed E-state index contributed by atoms with van der Waals surface area (Å²) in [6, 6.07) is 7.42.